The summed E-state index contributed by atoms with van der Waals surface area (Å²) in [4.78, 5) is 3.14. The third-order valence-electron chi connectivity index (χ3n) is 3.01. The highest BCUT2D eigenvalue weighted by molar-refractivity contribution is 7.71. The molecule has 0 saturated heterocycles. The van der Waals surface area contributed by atoms with Crippen LogP contribution in [0.2, 0.25) is 0 Å². The van der Waals surface area contributed by atoms with Gasteiger partial charge in [-0.1, -0.05) is 20.8 Å². The first kappa shape index (κ1) is 14.9. The summed E-state index contributed by atoms with van der Waals surface area (Å²) in [6.45, 7) is 10.6. The Hall–Kier alpha value is -1.55. The minimum absolute atomic E-state index is 0.0284. The second kappa shape index (κ2) is 5.44. The molecule has 1 aromatic carbocycles. The number of hydrogen-bond donors (Lipinski definition) is 1. The predicted octanol–water partition coefficient (Wildman–Crippen LogP) is 4.62. The summed E-state index contributed by atoms with van der Waals surface area (Å²) < 4.78 is 8.46. The highest BCUT2D eigenvalue weighted by Crippen LogP contribution is 2.26. The third kappa shape index (κ3) is 3.12. The van der Waals surface area contributed by atoms with Crippen LogP contribution in [0.4, 0.5) is 0 Å². The topological polar surface area (TPSA) is 29.9 Å². The largest absolute Gasteiger partial charge is 0.491 e. The molecule has 0 saturated carbocycles. The lowest BCUT2D eigenvalue weighted by molar-refractivity contribution is 0.242. The molecule has 1 aromatic heterocycles. The Balaban J connectivity index is 2.42. The SMILES string of the molecule is CC(C)Oc1ccc(-n2c(C(C)(C)C)c[nH]c2=S)cc1. The molecule has 0 spiro atoms. The Morgan fingerprint density at radius 2 is 1.75 bits per heavy atom. The number of imidazole rings is 1. The summed E-state index contributed by atoms with van der Waals surface area (Å²) >= 11 is 5.40. The summed E-state index contributed by atoms with van der Waals surface area (Å²) in [7, 11) is 0. The Morgan fingerprint density at radius 3 is 2.25 bits per heavy atom. The smallest absolute Gasteiger partial charge is 0.182 e. The molecular weight excluding hydrogens is 268 g/mol. The predicted molar refractivity (Wildman–Crippen MR) is 85.4 cm³/mol. The Bertz CT molecular complexity index is 630. The molecule has 2 aromatic rings. The van der Waals surface area contributed by atoms with Gasteiger partial charge in [-0.2, -0.15) is 0 Å². The second-order valence-corrected chi connectivity index (χ2v) is 6.61. The number of rotatable bonds is 3. The van der Waals surface area contributed by atoms with E-state index in [4.69, 9.17) is 17.0 Å². The Morgan fingerprint density at radius 1 is 1.15 bits per heavy atom. The van der Waals surface area contributed by atoms with Gasteiger partial charge >= 0.3 is 0 Å². The van der Waals surface area contributed by atoms with E-state index in [2.05, 4.69) is 30.3 Å². The normalized spacial score (nSPS) is 11.9. The van der Waals surface area contributed by atoms with Gasteiger partial charge in [0, 0.05) is 23.0 Å². The number of ether oxygens (including phenoxy) is 1. The van der Waals surface area contributed by atoms with Crippen molar-refractivity contribution in [3.05, 3.63) is 40.9 Å². The van der Waals surface area contributed by atoms with Crippen molar-refractivity contribution >= 4 is 12.2 Å². The molecule has 0 aliphatic rings. The molecule has 0 aliphatic heterocycles. The lowest BCUT2D eigenvalue weighted by atomic mass is 9.92. The van der Waals surface area contributed by atoms with Crippen molar-refractivity contribution in [3.63, 3.8) is 0 Å². The molecule has 0 amide bonds. The van der Waals surface area contributed by atoms with E-state index in [0.29, 0.717) is 4.77 Å². The van der Waals surface area contributed by atoms with Crippen LogP contribution in [-0.2, 0) is 5.41 Å². The van der Waals surface area contributed by atoms with Crippen molar-refractivity contribution in [2.75, 3.05) is 0 Å². The van der Waals surface area contributed by atoms with Crippen LogP contribution in [0.15, 0.2) is 30.5 Å². The number of hydrogen-bond acceptors (Lipinski definition) is 2. The Labute approximate surface area is 125 Å². The zero-order valence-electron chi connectivity index (χ0n) is 12.7. The molecule has 2 rings (SSSR count). The molecule has 4 heteroatoms. The first-order chi connectivity index (χ1) is 9.29. The number of benzene rings is 1. The number of nitrogens with zero attached hydrogens (tertiary/aromatic N) is 1. The van der Waals surface area contributed by atoms with Gasteiger partial charge in [-0.15, -0.1) is 0 Å². The van der Waals surface area contributed by atoms with Crippen LogP contribution >= 0.6 is 12.2 Å². The second-order valence-electron chi connectivity index (χ2n) is 6.22. The average molecular weight is 290 g/mol. The van der Waals surface area contributed by atoms with Gasteiger partial charge in [0.05, 0.1) is 6.10 Å². The third-order valence-corrected chi connectivity index (χ3v) is 3.31. The molecule has 0 bridgehead atoms. The average Bonchev–Trinajstić information content (AvgIpc) is 2.71. The van der Waals surface area contributed by atoms with E-state index in [-0.39, 0.29) is 11.5 Å². The minimum Gasteiger partial charge on any atom is -0.491 e. The van der Waals surface area contributed by atoms with E-state index in [1.807, 2.05) is 44.3 Å². The quantitative estimate of drug-likeness (QED) is 0.836. The van der Waals surface area contributed by atoms with Gasteiger partial charge in [0.25, 0.3) is 0 Å². The molecule has 1 heterocycles. The zero-order valence-corrected chi connectivity index (χ0v) is 13.5. The van der Waals surface area contributed by atoms with Crippen molar-refractivity contribution in [1.29, 1.82) is 0 Å². The van der Waals surface area contributed by atoms with Gasteiger partial charge in [-0.05, 0) is 50.3 Å². The molecule has 0 unspecified atom stereocenters. The molecule has 0 atom stereocenters. The van der Waals surface area contributed by atoms with Gasteiger partial charge in [0.1, 0.15) is 5.75 Å². The summed E-state index contributed by atoms with van der Waals surface area (Å²) in [5.41, 5.74) is 2.25. The number of H-pyrrole nitrogens is 1. The van der Waals surface area contributed by atoms with Crippen LogP contribution in [0.1, 0.15) is 40.3 Å². The fraction of sp³-hybridized carbons (Fsp3) is 0.438. The summed E-state index contributed by atoms with van der Waals surface area (Å²) in [6.07, 6.45) is 2.17. The maximum Gasteiger partial charge on any atom is 0.182 e. The highest BCUT2D eigenvalue weighted by Gasteiger charge is 2.20. The van der Waals surface area contributed by atoms with Crippen LogP contribution in [0.25, 0.3) is 5.69 Å². The van der Waals surface area contributed by atoms with E-state index >= 15 is 0 Å². The van der Waals surface area contributed by atoms with Crippen molar-refractivity contribution in [2.45, 2.75) is 46.1 Å². The van der Waals surface area contributed by atoms with Gasteiger partial charge in [-0.25, -0.2) is 0 Å². The molecule has 1 N–H and O–H groups in total. The monoisotopic (exact) mass is 290 g/mol. The molecule has 3 nitrogen and oxygen atoms in total. The lowest BCUT2D eigenvalue weighted by Gasteiger charge is -2.21. The minimum atomic E-state index is 0.0284. The number of aromatic amines is 1. The van der Waals surface area contributed by atoms with Gasteiger partial charge < -0.3 is 9.72 Å². The van der Waals surface area contributed by atoms with E-state index in [1.54, 1.807) is 0 Å². The first-order valence-electron chi connectivity index (χ1n) is 6.87. The van der Waals surface area contributed by atoms with Crippen molar-refractivity contribution in [3.8, 4) is 11.4 Å². The van der Waals surface area contributed by atoms with Crippen LogP contribution in [-0.4, -0.2) is 15.7 Å². The number of nitrogens with one attached hydrogen (secondary N) is 1. The zero-order chi connectivity index (χ0) is 14.9. The van der Waals surface area contributed by atoms with Gasteiger partial charge in [0.15, 0.2) is 4.77 Å². The van der Waals surface area contributed by atoms with E-state index in [0.717, 1.165) is 11.4 Å². The first-order valence-corrected chi connectivity index (χ1v) is 7.28. The fourth-order valence-electron chi connectivity index (χ4n) is 2.12. The van der Waals surface area contributed by atoms with Crippen LogP contribution in [0, 0.1) is 4.77 Å². The van der Waals surface area contributed by atoms with Crippen molar-refractivity contribution < 1.29 is 4.74 Å². The lowest BCUT2D eigenvalue weighted by Crippen LogP contribution is -2.16. The maximum atomic E-state index is 5.67. The fourth-order valence-corrected chi connectivity index (χ4v) is 2.39. The van der Waals surface area contributed by atoms with Gasteiger partial charge in [0.2, 0.25) is 0 Å². The molecule has 108 valence electrons. The van der Waals surface area contributed by atoms with Gasteiger partial charge in [-0.3, -0.25) is 4.57 Å². The number of aromatic nitrogens is 2. The van der Waals surface area contributed by atoms with E-state index in [9.17, 15) is 0 Å². The molecule has 0 radical (unpaired) electrons. The summed E-state index contributed by atoms with van der Waals surface area (Å²) in [6, 6.07) is 8.04. The highest BCUT2D eigenvalue weighted by atomic mass is 32.1. The van der Waals surface area contributed by atoms with E-state index < -0.39 is 0 Å². The Kier molecular flexibility index (Phi) is 4.04. The molecule has 20 heavy (non-hydrogen) atoms. The summed E-state index contributed by atoms with van der Waals surface area (Å²) in [5, 5.41) is 0. The standard InChI is InChI=1S/C16H22N2OS/c1-11(2)19-13-8-6-12(7-9-13)18-14(16(3,4)5)10-17-15(18)20/h6-11H,1-5H3,(H,17,20). The maximum absolute atomic E-state index is 5.67. The molecule has 0 fully saturated rings. The summed E-state index contributed by atoms with van der Waals surface area (Å²) in [5.74, 6) is 0.878. The van der Waals surface area contributed by atoms with Crippen molar-refractivity contribution in [1.82, 2.24) is 9.55 Å². The van der Waals surface area contributed by atoms with Crippen LogP contribution in [0.3, 0.4) is 0 Å². The van der Waals surface area contributed by atoms with Crippen LogP contribution in [0.5, 0.6) is 5.75 Å². The van der Waals surface area contributed by atoms with Crippen LogP contribution < -0.4 is 4.74 Å². The van der Waals surface area contributed by atoms with E-state index in [1.165, 1.54) is 5.69 Å². The molecule has 0 aliphatic carbocycles. The van der Waals surface area contributed by atoms with Crippen molar-refractivity contribution in [2.24, 2.45) is 0 Å². The molecular formula is C16H22N2OS.